The van der Waals surface area contributed by atoms with Crippen molar-refractivity contribution < 1.29 is 9.53 Å². The van der Waals surface area contributed by atoms with Gasteiger partial charge in [0.25, 0.3) is 5.91 Å². The Kier molecular flexibility index (Phi) is 7.27. The molecule has 1 aliphatic heterocycles. The summed E-state index contributed by atoms with van der Waals surface area (Å²) in [5.41, 5.74) is 6.70. The third kappa shape index (κ3) is 4.82. The molecule has 0 spiro atoms. The predicted molar refractivity (Wildman–Crippen MR) is 112 cm³/mol. The molecule has 1 heterocycles. The minimum Gasteiger partial charge on any atom is -0.477 e. The molecule has 2 bridgehead atoms. The average Bonchev–Trinajstić information content (AvgIpc) is 2.81. The van der Waals surface area contributed by atoms with E-state index in [9.17, 15) is 4.79 Å². The van der Waals surface area contributed by atoms with Gasteiger partial charge in [-0.15, -0.1) is 18.3 Å². The molecule has 2 unspecified atom stereocenters. The number of rotatable bonds is 4. The molecule has 1 aliphatic carbocycles. The summed E-state index contributed by atoms with van der Waals surface area (Å²) < 4.78 is 5.84. The van der Waals surface area contributed by atoms with Gasteiger partial charge < -0.3 is 20.7 Å². The van der Waals surface area contributed by atoms with Crippen molar-refractivity contribution >= 4 is 35.6 Å². The molecule has 3 N–H and O–H groups in total. The number of nitrogens with one attached hydrogen (secondary N) is 1. The predicted octanol–water partition coefficient (Wildman–Crippen LogP) is 3.20. The molecule has 7 heteroatoms. The van der Waals surface area contributed by atoms with E-state index >= 15 is 0 Å². The molecular weight excluding hydrogens is 385 g/mol. The number of ether oxygens (including phenoxy) is 1. The van der Waals surface area contributed by atoms with Gasteiger partial charge in [0.15, 0.2) is 6.10 Å². The topological polar surface area (TPSA) is 67.6 Å². The largest absolute Gasteiger partial charge is 0.477 e. The Hall–Kier alpha value is -1.61. The third-order valence-electron chi connectivity index (χ3n) is 5.31. The number of likely N-dealkylation sites (tertiary alicyclic amines) is 1. The van der Waals surface area contributed by atoms with Crippen molar-refractivity contribution in [1.29, 1.82) is 0 Å². The Bertz CT molecular complexity index is 746. The number of nitrogens with two attached hydrogens (primary N) is 1. The Morgan fingerprint density at radius 3 is 2.59 bits per heavy atom. The van der Waals surface area contributed by atoms with Gasteiger partial charge in [-0.25, -0.2) is 0 Å². The third-order valence-corrected chi connectivity index (χ3v) is 5.64. The molecule has 27 heavy (non-hydrogen) atoms. The van der Waals surface area contributed by atoms with E-state index in [1.807, 2.05) is 6.92 Å². The second-order valence-electron chi connectivity index (χ2n) is 7.34. The van der Waals surface area contributed by atoms with Crippen molar-refractivity contribution in [2.75, 3.05) is 25.9 Å². The number of nitrogen functional groups attached to an aromatic ring is 1. The van der Waals surface area contributed by atoms with E-state index in [-0.39, 0.29) is 30.5 Å². The van der Waals surface area contributed by atoms with Crippen molar-refractivity contribution in [2.45, 2.75) is 38.8 Å². The summed E-state index contributed by atoms with van der Waals surface area (Å²) in [7, 11) is 2.14. The van der Waals surface area contributed by atoms with E-state index in [0.717, 1.165) is 25.9 Å². The molecule has 3 atom stereocenters. The van der Waals surface area contributed by atoms with Gasteiger partial charge in [-0.05, 0) is 51.6 Å². The zero-order chi connectivity index (χ0) is 18.8. The molecule has 3 rings (SSSR count). The van der Waals surface area contributed by atoms with Gasteiger partial charge in [0, 0.05) is 25.2 Å². The van der Waals surface area contributed by atoms with Crippen LogP contribution in [0, 0.1) is 23.7 Å². The number of amides is 1. The van der Waals surface area contributed by atoms with Gasteiger partial charge in [-0.2, -0.15) is 0 Å². The zero-order valence-electron chi connectivity index (χ0n) is 15.9. The zero-order valence-corrected chi connectivity index (χ0v) is 17.5. The monoisotopic (exact) mass is 411 g/mol. The first-order chi connectivity index (χ1) is 12.4. The number of carbonyl (C=O) groups excluding carboxylic acids is 1. The number of hydrogen-bond acceptors (Lipinski definition) is 4. The lowest BCUT2D eigenvalue weighted by Gasteiger charge is -2.36. The highest BCUT2D eigenvalue weighted by atomic mass is 35.5. The molecule has 0 aromatic heterocycles. The van der Waals surface area contributed by atoms with Crippen LogP contribution in [0.15, 0.2) is 12.1 Å². The maximum absolute atomic E-state index is 13.0. The SMILES string of the molecule is CC#C[C@H](C)Oc1cc(N)c(Cl)cc1C(=O)NC1C2CCC1CN(C)C2.Cl. The minimum absolute atomic E-state index is 0. The fourth-order valence-corrected chi connectivity index (χ4v) is 4.35. The smallest absolute Gasteiger partial charge is 0.255 e. The van der Waals surface area contributed by atoms with Crippen LogP contribution in [0.3, 0.4) is 0 Å². The maximum Gasteiger partial charge on any atom is 0.255 e. The van der Waals surface area contributed by atoms with Crippen molar-refractivity contribution in [3.8, 4) is 17.6 Å². The van der Waals surface area contributed by atoms with Crippen LogP contribution in [-0.2, 0) is 0 Å². The van der Waals surface area contributed by atoms with Crippen LogP contribution < -0.4 is 15.8 Å². The van der Waals surface area contributed by atoms with E-state index in [1.54, 1.807) is 19.1 Å². The molecule has 0 radical (unpaired) electrons. The Morgan fingerprint density at radius 1 is 1.37 bits per heavy atom. The number of hydrogen-bond donors (Lipinski definition) is 2. The molecule has 2 fully saturated rings. The lowest BCUT2D eigenvalue weighted by molar-refractivity contribution is 0.0857. The van der Waals surface area contributed by atoms with Gasteiger partial charge in [0.2, 0.25) is 0 Å². The standard InChI is InChI=1S/C20H26ClN3O2.ClH/c1-4-5-12(2)26-18-9-17(22)16(21)8-15(18)20(25)23-19-13-6-7-14(19)11-24(3)10-13;/h8-9,12-14,19H,6-7,10-11,22H2,1-3H3,(H,23,25);1H/t12-,13?,14?,19?;/m0./s1. The average molecular weight is 412 g/mol. The Morgan fingerprint density at radius 2 is 2.00 bits per heavy atom. The number of halogens is 2. The fourth-order valence-electron chi connectivity index (χ4n) is 4.19. The van der Waals surface area contributed by atoms with E-state index < -0.39 is 0 Å². The van der Waals surface area contributed by atoms with Crippen molar-refractivity contribution in [3.05, 3.63) is 22.7 Å². The van der Waals surface area contributed by atoms with Gasteiger partial charge >= 0.3 is 0 Å². The summed E-state index contributed by atoms with van der Waals surface area (Å²) in [6.07, 6.45) is 1.98. The molecule has 5 nitrogen and oxygen atoms in total. The first-order valence-corrected chi connectivity index (χ1v) is 9.44. The number of anilines is 1. The molecule has 1 saturated heterocycles. The molecule has 1 aromatic carbocycles. The van der Waals surface area contributed by atoms with Gasteiger partial charge in [0.1, 0.15) is 5.75 Å². The highest BCUT2D eigenvalue weighted by Crippen LogP contribution is 2.37. The van der Waals surface area contributed by atoms with Crippen LogP contribution in [0.4, 0.5) is 5.69 Å². The van der Waals surface area contributed by atoms with Crippen LogP contribution >= 0.6 is 24.0 Å². The number of carbonyl (C=O) groups is 1. The van der Waals surface area contributed by atoms with E-state index in [4.69, 9.17) is 22.1 Å². The fraction of sp³-hybridized carbons (Fsp3) is 0.550. The Labute approximate surface area is 172 Å². The number of piperidine rings is 1. The summed E-state index contributed by atoms with van der Waals surface area (Å²) in [5, 5.41) is 3.58. The van der Waals surface area contributed by atoms with Crippen molar-refractivity contribution in [2.24, 2.45) is 11.8 Å². The van der Waals surface area contributed by atoms with E-state index in [2.05, 4.69) is 29.1 Å². The molecule has 1 aromatic rings. The summed E-state index contributed by atoms with van der Waals surface area (Å²) in [6, 6.07) is 3.40. The lowest BCUT2D eigenvalue weighted by Crippen LogP contribution is -2.51. The van der Waals surface area contributed by atoms with Crippen LogP contribution in [0.2, 0.25) is 5.02 Å². The number of nitrogens with zero attached hydrogens (tertiary/aromatic N) is 1. The normalized spacial score (nSPS) is 25.0. The second-order valence-corrected chi connectivity index (χ2v) is 7.75. The van der Waals surface area contributed by atoms with E-state index in [0.29, 0.717) is 33.9 Å². The van der Waals surface area contributed by atoms with Crippen molar-refractivity contribution in [1.82, 2.24) is 10.2 Å². The maximum atomic E-state index is 13.0. The first-order valence-electron chi connectivity index (χ1n) is 9.06. The molecule has 148 valence electrons. The number of fused-ring (bicyclic) bond motifs is 2. The molecule has 2 aliphatic rings. The first kappa shape index (κ1) is 21.7. The second kappa shape index (κ2) is 9.05. The van der Waals surface area contributed by atoms with Crippen LogP contribution in [0.1, 0.15) is 37.0 Å². The van der Waals surface area contributed by atoms with Crippen LogP contribution in [-0.4, -0.2) is 43.1 Å². The summed E-state index contributed by atoms with van der Waals surface area (Å²) >= 11 is 6.16. The van der Waals surface area contributed by atoms with Gasteiger partial charge in [-0.3, -0.25) is 4.79 Å². The molecule has 1 saturated carbocycles. The molecular formula is C20H27Cl2N3O2. The summed E-state index contributed by atoms with van der Waals surface area (Å²) in [4.78, 5) is 15.3. The Balaban J connectivity index is 0.00000261. The summed E-state index contributed by atoms with van der Waals surface area (Å²) in [5.74, 6) is 6.99. The molecule has 1 amide bonds. The quantitative estimate of drug-likeness (QED) is 0.589. The van der Waals surface area contributed by atoms with Crippen LogP contribution in [0.25, 0.3) is 0 Å². The van der Waals surface area contributed by atoms with Gasteiger partial charge in [-0.1, -0.05) is 17.5 Å². The minimum atomic E-state index is -0.341. The van der Waals surface area contributed by atoms with Crippen LogP contribution in [0.5, 0.6) is 5.75 Å². The number of benzene rings is 1. The van der Waals surface area contributed by atoms with Gasteiger partial charge in [0.05, 0.1) is 16.3 Å². The highest BCUT2D eigenvalue weighted by molar-refractivity contribution is 6.33. The highest BCUT2D eigenvalue weighted by Gasteiger charge is 2.42. The van der Waals surface area contributed by atoms with E-state index in [1.165, 1.54) is 0 Å². The summed E-state index contributed by atoms with van der Waals surface area (Å²) in [6.45, 7) is 5.63. The van der Waals surface area contributed by atoms with Crippen molar-refractivity contribution in [3.63, 3.8) is 0 Å². The lowest BCUT2D eigenvalue weighted by atomic mass is 9.92.